The second-order valence-corrected chi connectivity index (χ2v) is 11.1. The standard InChI is InChI=1S/C44H28/c1-2-12-31-26-32(21-20-29(31)10-1)33-22-23-35-28-36(25-24-34(35)27-33)43-39-15-5-7-17-41(39)44(42-18-8-6-16-40(42)43)38-19-9-13-30-11-3-4-14-37(30)38/h1-28H/i5D,6D,7D,8D,15D,16D,17D,18D. The molecular formula is C44H28. The average molecular weight is 565 g/mol. The first-order chi connectivity index (χ1) is 25.1. The second-order valence-electron chi connectivity index (χ2n) is 11.1. The molecule has 0 radical (unpaired) electrons. The van der Waals surface area contributed by atoms with Crippen LogP contribution in [0.15, 0.2) is 170 Å². The molecule has 9 aromatic carbocycles. The van der Waals surface area contributed by atoms with Crippen molar-refractivity contribution in [2.45, 2.75) is 0 Å². The van der Waals surface area contributed by atoms with Crippen LogP contribution in [0.5, 0.6) is 0 Å². The van der Waals surface area contributed by atoms with E-state index in [0.717, 1.165) is 38.1 Å². The van der Waals surface area contributed by atoms with Gasteiger partial charge in [-0.3, -0.25) is 0 Å². The van der Waals surface area contributed by atoms with Crippen LogP contribution in [0, 0.1) is 0 Å². The minimum Gasteiger partial charge on any atom is -0.0616 e. The van der Waals surface area contributed by atoms with Gasteiger partial charge < -0.3 is 0 Å². The fourth-order valence-electron chi connectivity index (χ4n) is 6.58. The highest BCUT2D eigenvalue weighted by Crippen LogP contribution is 2.45. The summed E-state index contributed by atoms with van der Waals surface area (Å²) >= 11 is 0. The van der Waals surface area contributed by atoms with Crippen molar-refractivity contribution in [2.75, 3.05) is 0 Å². The Labute approximate surface area is 267 Å². The summed E-state index contributed by atoms with van der Waals surface area (Å²) in [5, 5.41) is 6.68. The predicted molar refractivity (Wildman–Crippen MR) is 190 cm³/mol. The van der Waals surface area contributed by atoms with E-state index in [1.807, 2.05) is 84.9 Å². The lowest BCUT2D eigenvalue weighted by Crippen LogP contribution is -1.91. The molecule has 0 saturated heterocycles. The summed E-state index contributed by atoms with van der Waals surface area (Å²) in [5.74, 6) is 0. The van der Waals surface area contributed by atoms with Crippen molar-refractivity contribution in [3.63, 3.8) is 0 Å². The van der Waals surface area contributed by atoms with E-state index in [1.165, 1.54) is 5.39 Å². The van der Waals surface area contributed by atoms with Gasteiger partial charge in [-0.1, -0.05) is 151 Å². The quantitative estimate of drug-likeness (QED) is 0.187. The fourth-order valence-corrected chi connectivity index (χ4v) is 6.58. The number of rotatable bonds is 3. The Balaban J connectivity index is 1.40. The molecule has 0 aromatic heterocycles. The van der Waals surface area contributed by atoms with Gasteiger partial charge in [-0.25, -0.2) is 0 Å². The zero-order valence-electron chi connectivity index (χ0n) is 31.5. The van der Waals surface area contributed by atoms with Gasteiger partial charge in [0.2, 0.25) is 0 Å². The maximum atomic E-state index is 9.29. The van der Waals surface area contributed by atoms with Gasteiger partial charge in [-0.2, -0.15) is 0 Å². The third kappa shape index (κ3) is 3.92. The van der Waals surface area contributed by atoms with Crippen LogP contribution in [-0.2, 0) is 0 Å². The lowest BCUT2D eigenvalue weighted by molar-refractivity contribution is 1.66. The van der Waals surface area contributed by atoms with E-state index in [4.69, 9.17) is 5.48 Å². The topological polar surface area (TPSA) is 0 Å². The van der Waals surface area contributed by atoms with E-state index >= 15 is 0 Å². The largest absolute Gasteiger partial charge is 0.0629 e. The van der Waals surface area contributed by atoms with Crippen molar-refractivity contribution in [1.82, 2.24) is 0 Å². The molecule has 9 rings (SSSR count). The first-order valence-corrected chi connectivity index (χ1v) is 14.6. The molecule has 0 amide bonds. The number of hydrogen-bond acceptors (Lipinski definition) is 0. The zero-order chi connectivity index (χ0) is 36.0. The molecule has 0 aliphatic carbocycles. The monoisotopic (exact) mass is 564 g/mol. The molecule has 0 heterocycles. The maximum absolute atomic E-state index is 9.29. The molecule has 0 fully saturated rings. The van der Waals surface area contributed by atoms with Gasteiger partial charge in [-0.05, 0) is 105 Å². The van der Waals surface area contributed by atoms with Crippen LogP contribution in [-0.4, -0.2) is 0 Å². The molecule has 0 heteroatoms. The first kappa shape index (κ1) is 18.1. The summed E-state index contributed by atoms with van der Waals surface area (Å²) in [6, 6.07) is 37.2. The van der Waals surface area contributed by atoms with Gasteiger partial charge in [0.05, 0.1) is 11.0 Å². The van der Waals surface area contributed by atoms with Gasteiger partial charge in [0.15, 0.2) is 0 Å². The zero-order valence-corrected chi connectivity index (χ0v) is 23.5. The minimum atomic E-state index is -0.413. The van der Waals surface area contributed by atoms with Crippen molar-refractivity contribution >= 4 is 53.9 Å². The van der Waals surface area contributed by atoms with Crippen molar-refractivity contribution in [1.29, 1.82) is 0 Å². The number of fused-ring (bicyclic) bond motifs is 5. The number of hydrogen-bond donors (Lipinski definition) is 0. The van der Waals surface area contributed by atoms with E-state index in [1.54, 1.807) is 0 Å². The molecule has 9 aromatic rings. The molecule has 0 aliphatic rings. The molecule has 0 atom stereocenters. The summed E-state index contributed by atoms with van der Waals surface area (Å²) in [7, 11) is 0. The van der Waals surface area contributed by atoms with E-state index < -0.39 is 24.2 Å². The summed E-state index contributed by atoms with van der Waals surface area (Å²) in [4.78, 5) is 0. The highest BCUT2D eigenvalue weighted by Gasteiger charge is 2.18. The predicted octanol–water partition coefficient (Wildman–Crippen LogP) is 12.5. The fraction of sp³-hybridized carbons (Fsp3) is 0. The molecule has 0 bridgehead atoms. The summed E-state index contributed by atoms with van der Waals surface area (Å²) in [5.41, 5.74) is 4.02. The van der Waals surface area contributed by atoms with Gasteiger partial charge in [0.1, 0.15) is 0 Å². The molecule has 204 valence electrons. The Morgan fingerprint density at radius 1 is 0.318 bits per heavy atom. The van der Waals surface area contributed by atoms with Crippen LogP contribution < -0.4 is 0 Å². The first-order valence-electron chi connectivity index (χ1n) is 18.6. The molecule has 44 heavy (non-hydrogen) atoms. The third-order valence-corrected chi connectivity index (χ3v) is 8.65. The van der Waals surface area contributed by atoms with Crippen molar-refractivity contribution in [2.24, 2.45) is 0 Å². The molecule has 0 N–H and O–H groups in total. The van der Waals surface area contributed by atoms with Gasteiger partial charge in [0.25, 0.3) is 0 Å². The van der Waals surface area contributed by atoms with Gasteiger partial charge in [-0.15, -0.1) is 0 Å². The number of benzene rings is 9. The summed E-state index contributed by atoms with van der Waals surface area (Å²) in [6.45, 7) is 0. The van der Waals surface area contributed by atoms with E-state index in [9.17, 15) is 5.48 Å². The smallest absolute Gasteiger partial charge is 0.0616 e. The third-order valence-electron chi connectivity index (χ3n) is 8.65. The Morgan fingerprint density at radius 2 is 0.773 bits per heavy atom. The molecule has 0 saturated carbocycles. The van der Waals surface area contributed by atoms with Crippen molar-refractivity contribution < 1.29 is 11.0 Å². The van der Waals surface area contributed by atoms with Crippen LogP contribution in [0.25, 0.3) is 87.2 Å². The average Bonchev–Trinajstić information content (AvgIpc) is 3.18. The maximum Gasteiger partial charge on any atom is 0.0629 e. The summed E-state index contributed by atoms with van der Waals surface area (Å²) in [6.07, 6.45) is 0. The Kier molecular flexibility index (Phi) is 4.08. The van der Waals surface area contributed by atoms with Gasteiger partial charge in [0, 0.05) is 0 Å². The van der Waals surface area contributed by atoms with E-state index in [0.29, 0.717) is 22.3 Å². The molecular weight excluding hydrogens is 528 g/mol. The Bertz CT molecular complexity index is 2920. The Morgan fingerprint density at radius 3 is 1.43 bits per heavy atom. The Hall–Kier alpha value is -5.72. The van der Waals surface area contributed by atoms with Crippen LogP contribution in [0.4, 0.5) is 0 Å². The van der Waals surface area contributed by atoms with Crippen LogP contribution in [0.3, 0.4) is 0 Å². The lowest BCUT2D eigenvalue weighted by atomic mass is 9.84. The second kappa shape index (κ2) is 9.93. The molecule has 0 aliphatic heterocycles. The molecule has 0 nitrogen and oxygen atoms in total. The molecule has 0 spiro atoms. The van der Waals surface area contributed by atoms with Crippen LogP contribution in [0.1, 0.15) is 11.0 Å². The van der Waals surface area contributed by atoms with E-state index in [-0.39, 0.29) is 45.7 Å². The minimum absolute atomic E-state index is 0.207. The highest BCUT2D eigenvalue weighted by atomic mass is 14.2. The summed E-state index contributed by atoms with van der Waals surface area (Å²) < 4.78 is 72.1. The van der Waals surface area contributed by atoms with Crippen LogP contribution in [0.2, 0.25) is 0 Å². The lowest BCUT2D eigenvalue weighted by Gasteiger charge is -2.19. The van der Waals surface area contributed by atoms with Gasteiger partial charge >= 0.3 is 0 Å². The highest BCUT2D eigenvalue weighted by molar-refractivity contribution is 6.23. The SMILES string of the molecule is [2H]c1c([2H])c([2H])c2c(-c3cccc4ccccc34)c3c([2H])c([2H])c([2H])c([2H])c3c(-c3ccc4cc(-c5ccc6ccccc6c5)ccc4c3)c2c1[2H]. The van der Waals surface area contributed by atoms with Crippen LogP contribution >= 0.6 is 0 Å². The van der Waals surface area contributed by atoms with Crippen molar-refractivity contribution in [3.05, 3.63) is 170 Å². The van der Waals surface area contributed by atoms with E-state index in [2.05, 4.69) is 36.4 Å². The molecule has 0 unspecified atom stereocenters. The van der Waals surface area contributed by atoms with Crippen molar-refractivity contribution in [3.8, 4) is 33.4 Å². The normalized spacial score (nSPS) is 14.2.